The van der Waals surface area contributed by atoms with Gasteiger partial charge in [-0.15, -0.1) is 0 Å². The molecule has 0 fully saturated rings. The van der Waals surface area contributed by atoms with E-state index in [1.807, 2.05) is 19.9 Å². The summed E-state index contributed by atoms with van der Waals surface area (Å²) in [6.45, 7) is 4.27. The van der Waals surface area contributed by atoms with Gasteiger partial charge in [0.2, 0.25) is 0 Å². The summed E-state index contributed by atoms with van der Waals surface area (Å²) >= 11 is 0. The molecule has 3 N–H and O–H groups in total. The van der Waals surface area contributed by atoms with Crippen LogP contribution in [-0.4, -0.2) is 29.5 Å². The normalized spacial score (nSPS) is 11.2. The Morgan fingerprint density at radius 2 is 2.00 bits per heavy atom. The second-order valence-electron chi connectivity index (χ2n) is 3.38. The molecule has 4 nitrogen and oxygen atoms in total. The van der Waals surface area contributed by atoms with E-state index in [4.69, 9.17) is 14.6 Å². The van der Waals surface area contributed by atoms with Crippen LogP contribution in [0.25, 0.3) is 0 Å². The van der Waals surface area contributed by atoms with Crippen molar-refractivity contribution >= 4 is 0 Å². The molecule has 1 aromatic rings. The predicted molar refractivity (Wildman–Crippen MR) is 53.0 cm³/mol. The summed E-state index contributed by atoms with van der Waals surface area (Å²) in [6.07, 6.45) is 0. The van der Waals surface area contributed by atoms with Gasteiger partial charge in [0.15, 0.2) is 0 Å². The number of aryl methyl sites for hydroxylation is 2. The average Bonchev–Trinajstić information content (AvgIpc) is 2.47. The summed E-state index contributed by atoms with van der Waals surface area (Å²) in [6, 6.07) is 1.69. The van der Waals surface area contributed by atoms with Crippen LogP contribution in [0.5, 0.6) is 0 Å². The highest BCUT2D eigenvalue weighted by Crippen LogP contribution is 2.13. The molecular weight excluding hydrogens is 182 g/mol. The lowest BCUT2D eigenvalue weighted by Gasteiger charge is -2.12. The number of nitrogens with one attached hydrogen (secondary N) is 1. The third-order valence-corrected chi connectivity index (χ3v) is 2.17. The molecular formula is C10H17NO3. The summed E-state index contributed by atoms with van der Waals surface area (Å²) in [5, 5.41) is 20.7. The van der Waals surface area contributed by atoms with E-state index in [9.17, 15) is 0 Å². The Balaban J connectivity index is 2.48. The summed E-state index contributed by atoms with van der Waals surface area (Å²) in [4.78, 5) is 0. The monoisotopic (exact) mass is 199 g/mol. The van der Waals surface area contributed by atoms with Gasteiger partial charge in [0, 0.05) is 12.1 Å². The van der Waals surface area contributed by atoms with Gasteiger partial charge in [-0.3, -0.25) is 0 Å². The highest BCUT2D eigenvalue weighted by atomic mass is 16.3. The van der Waals surface area contributed by atoms with Crippen LogP contribution in [0.1, 0.15) is 17.1 Å². The van der Waals surface area contributed by atoms with Crippen molar-refractivity contribution in [3.63, 3.8) is 0 Å². The van der Waals surface area contributed by atoms with Crippen LogP contribution < -0.4 is 5.32 Å². The van der Waals surface area contributed by atoms with Crippen molar-refractivity contribution in [1.82, 2.24) is 5.32 Å². The summed E-state index contributed by atoms with van der Waals surface area (Å²) < 4.78 is 5.35. The quantitative estimate of drug-likeness (QED) is 0.639. The smallest absolute Gasteiger partial charge is 0.105 e. The molecule has 0 aliphatic heterocycles. The Hall–Kier alpha value is -0.840. The van der Waals surface area contributed by atoms with E-state index < -0.39 is 0 Å². The standard InChI is InChI=1S/C10H17NO3/c1-7-3-9(8(2)14-7)4-11-10(5-12)6-13/h3,10-13H,4-6H2,1-2H3. The van der Waals surface area contributed by atoms with Gasteiger partial charge in [-0.2, -0.15) is 0 Å². The minimum absolute atomic E-state index is 0.0631. The zero-order valence-corrected chi connectivity index (χ0v) is 8.58. The van der Waals surface area contributed by atoms with Crippen molar-refractivity contribution in [2.75, 3.05) is 13.2 Å². The van der Waals surface area contributed by atoms with Gasteiger partial charge in [-0.1, -0.05) is 0 Å². The van der Waals surface area contributed by atoms with Crippen LogP contribution in [0, 0.1) is 13.8 Å². The maximum atomic E-state index is 8.83. The molecule has 1 rings (SSSR count). The maximum absolute atomic E-state index is 8.83. The molecule has 0 aliphatic rings. The minimum atomic E-state index is -0.260. The van der Waals surface area contributed by atoms with Crippen molar-refractivity contribution in [1.29, 1.82) is 0 Å². The van der Waals surface area contributed by atoms with Crippen LogP contribution in [0.3, 0.4) is 0 Å². The largest absolute Gasteiger partial charge is 0.466 e. The first-order chi connectivity index (χ1) is 6.67. The molecule has 0 aliphatic carbocycles. The lowest BCUT2D eigenvalue weighted by molar-refractivity contribution is 0.170. The Bertz CT molecular complexity index is 279. The maximum Gasteiger partial charge on any atom is 0.105 e. The molecule has 0 saturated heterocycles. The average molecular weight is 199 g/mol. The van der Waals surface area contributed by atoms with E-state index in [0.717, 1.165) is 17.1 Å². The zero-order chi connectivity index (χ0) is 10.6. The number of hydrogen-bond donors (Lipinski definition) is 3. The van der Waals surface area contributed by atoms with Crippen LogP contribution in [0.4, 0.5) is 0 Å². The van der Waals surface area contributed by atoms with E-state index in [1.54, 1.807) is 0 Å². The highest BCUT2D eigenvalue weighted by Gasteiger charge is 2.08. The van der Waals surface area contributed by atoms with Gasteiger partial charge in [-0.05, 0) is 19.9 Å². The topological polar surface area (TPSA) is 65.6 Å². The fraction of sp³-hybridized carbons (Fsp3) is 0.600. The van der Waals surface area contributed by atoms with E-state index >= 15 is 0 Å². The first-order valence-electron chi connectivity index (χ1n) is 4.68. The first kappa shape index (κ1) is 11.2. The SMILES string of the molecule is Cc1cc(CNC(CO)CO)c(C)o1. The summed E-state index contributed by atoms with van der Waals surface area (Å²) in [7, 11) is 0. The van der Waals surface area contributed by atoms with E-state index in [2.05, 4.69) is 5.32 Å². The molecule has 0 amide bonds. The summed E-state index contributed by atoms with van der Waals surface area (Å²) in [5.41, 5.74) is 1.06. The van der Waals surface area contributed by atoms with Crippen LogP contribution in [0.2, 0.25) is 0 Å². The Morgan fingerprint density at radius 1 is 1.36 bits per heavy atom. The molecule has 1 aromatic heterocycles. The molecule has 80 valence electrons. The van der Waals surface area contributed by atoms with Gasteiger partial charge >= 0.3 is 0 Å². The van der Waals surface area contributed by atoms with Gasteiger partial charge in [-0.25, -0.2) is 0 Å². The molecule has 4 heteroatoms. The molecule has 0 atom stereocenters. The Morgan fingerprint density at radius 3 is 2.43 bits per heavy atom. The zero-order valence-electron chi connectivity index (χ0n) is 8.58. The molecule has 0 unspecified atom stereocenters. The van der Waals surface area contributed by atoms with Crippen molar-refractivity contribution in [3.8, 4) is 0 Å². The van der Waals surface area contributed by atoms with Crippen molar-refractivity contribution in [3.05, 3.63) is 23.2 Å². The van der Waals surface area contributed by atoms with Gasteiger partial charge in [0.25, 0.3) is 0 Å². The number of aliphatic hydroxyl groups is 2. The van der Waals surface area contributed by atoms with E-state index in [-0.39, 0.29) is 19.3 Å². The summed E-state index contributed by atoms with van der Waals surface area (Å²) in [5.74, 6) is 1.76. The number of furan rings is 1. The molecule has 0 bridgehead atoms. The number of rotatable bonds is 5. The van der Waals surface area contributed by atoms with Gasteiger partial charge < -0.3 is 19.9 Å². The molecule has 0 radical (unpaired) electrons. The third-order valence-electron chi connectivity index (χ3n) is 2.17. The first-order valence-corrected chi connectivity index (χ1v) is 4.68. The van der Waals surface area contributed by atoms with Crippen molar-refractivity contribution < 1.29 is 14.6 Å². The predicted octanol–water partition coefficient (Wildman–Crippen LogP) is 0.339. The molecule has 14 heavy (non-hydrogen) atoms. The molecule has 1 heterocycles. The molecule has 0 spiro atoms. The van der Waals surface area contributed by atoms with Crippen LogP contribution >= 0.6 is 0 Å². The minimum Gasteiger partial charge on any atom is -0.466 e. The Kier molecular flexibility index (Phi) is 4.13. The molecule has 0 aromatic carbocycles. The fourth-order valence-electron chi connectivity index (χ4n) is 1.30. The van der Waals surface area contributed by atoms with Crippen LogP contribution in [-0.2, 0) is 6.54 Å². The lowest BCUT2D eigenvalue weighted by atomic mass is 10.2. The van der Waals surface area contributed by atoms with Crippen molar-refractivity contribution in [2.45, 2.75) is 26.4 Å². The fourth-order valence-corrected chi connectivity index (χ4v) is 1.30. The van der Waals surface area contributed by atoms with Crippen LogP contribution in [0.15, 0.2) is 10.5 Å². The van der Waals surface area contributed by atoms with Gasteiger partial charge in [0.1, 0.15) is 11.5 Å². The molecule has 0 saturated carbocycles. The third kappa shape index (κ3) is 2.83. The highest BCUT2D eigenvalue weighted by molar-refractivity contribution is 5.19. The van der Waals surface area contributed by atoms with Gasteiger partial charge in [0.05, 0.1) is 19.3 Å². The Labute approximate surface area is 83.6 Å². The number of aliphatic hydroxyl groups excluding tert-OH is 2. The second kappa shape index (κ2) is 5.14. The van der Waals surface area contributed by atoms with Crippen molar-refractivity contribution in [2.24, 2.45) is 0 Å². The second-order valence-corrected chi connectivity index (χ2v) is 3.38. The lowest BCUT2D eigenvalue weighted by Crippen LogP contribution is -2.35. The van der Waals surface area contributed by atoms with E-state index in [1.165, 1.54) is 0 Å². The number of hydrogen-bond acceptors (Lipinski definition) is 4. The van der Waals surface area contributed by atoms with E-state index in [0.29, 0.717) is 6.54 Å².